The molecule has 1 N–H and O–H groups in total. The molecule has 0 radical (unpaired) electrons. The van der Waals surface area contributed by atoms with Crippen LogP contribution in [0.25, 0.3) is 11.3 Å². The molecule has 0 aliphatic carbocycles. The Bertz CT molecular complexity index is 814. The predicted octanol–water partition coefficient (Wildman–Crippen LogP) is 2.53. The quantitative estimate of drug-likeness (QED) is 0.696. The fourth-order valence-electron chi connectivity index (χ4n) is 2.50. The number of amides is 1. The number of hydrogen-bond donors (Lipinski definition) is 1. The Balaban J connectivity index is 1.69. The first-order valence-electron chi connectivity index (χ1n) is 7.17. The summed E-state index contributed by atoms with van der Waals surface area (Å²) in [5, 5.41) is 14.1. The van der Waals surface area contributed by atoms with Crippen LogP contribution in [-0.2, 0) is 4.79 Å². The van der Waals surface area contributed by atoms with Crippen LogP contribution in [0.3, 0.4) is 0 Å². The number of aromatic nitrogens is 1. The van der Waals surface area contributed by atoms with E-state index >= 15 is 0 Å². The van der Waals surface area contributed by atoms with Gasteiger partial charge in [-0.05, 0) is 18.6 Å². The number of hydrogen-bond acceptors (Lipinski definition) is 5. The van der Waals surface area contributed by atoms with Gasteiger partial charge >= 0.3 is 0 Å². The third-order valence-electron chi connectivity index (χ3n) is 3.76. The van der Waals surface area contributed by atoms with Crippen LogP contribution in [-0.4, -0.2) is 28.9 Å². The van der Waals surface area contributed by atoms with E-state index in [9.17, 15) is 4.79 Å². The van der Waals surface area contributed by atoms with Crippen molar-refractivity contribution in [2.75, 3.05) is 18.4 Å². The SMILES string of the molecule is C#Cc1cccc(-c2csc(NC(=O)[C@H]3CCN(C#N)C3)n2)c1. The highest BCUT2D eigenvalue weighted by Gasteiger charge is 2.28. The lowest BCUT2D eigenvalue weighted by molar-refractivity contribution is -0.119. The summed E-state index contributed by atoms with van der Waals surface area (Å²) in [6, 6.07) is 7.57. The first kappa shape index (κ1) is 15.1. The number of terminal acetylenes is 1. The maximum absolute atomic E-state index is 12.2. The monoisotopic (exact) mass is 322 g/mol. The molecule has 1 amide bonds. The Morgan fingerprint density at radius 2 is 2.39 bits per heavy atom. The molecule has 1 fully saturated rings. The van der Waals surface area contributed by atoms with Crippen molar-refractivity contribution < 1.29 is 4.79 Å². The molecule has 0 saturated carbocycles. The number of anilines is 1. The maximum atomic E-state index is 12.2. The maximum Gasteiger partial charge on any atom is 0.231 e. The van der Waals surface area contributed by atoms with Gasteiger partial charge in [-0.25, -0.2) is 4.98 Å². The van der Waals surface area contributed by atoms with Crippen LogP contribution < -0.4 is 5.32 Å². The second-order valence-electron chi connectivity index (χ2n) is 5.28. The predicted molar refractivity (Wildman–Crippen MR) is 89.4 cm³/mol. The van der Waals surface area contributed by atoms with Crippen molar-refractivity contribution in [1.29, 1.82) is 5.26 Å². The molecule has 114 valence electrons. The third-order valence-corrected chi connectivity index (χ3v) is 4.52. The number of benzene rings is 1. The third kappa shape index (κ3) is 3.33. The van der Waals surface area contributed by atoms with Gasteiger partial charge in [0.2, 0.25) is 5.91 Å². The van der Waals surface area contributed by atoms with Gasteiger partial charge in [0.1, 0.15) is 0 Å². The van der Waals surface area contributed by atoms with Crippen LogP contribution in [0.1, 0.15) is 12.0 Å². The zero-order valence-corrected chi connectivity index (χ0v) is 13.1. The second-order valence-corrected chi connectivity index (χ2v) is 6.14. The van der Waals surface area contributed by atoms with Crippen molar-refractivity contribution in [3.63, 3.8) is 0 Å². The Kier molecular flexibility index (Phi) is 4.27. The van der Waals surface area contributed by atoms with Crippen LogP contribution in [0.5, 0.6) is 0 Å². The number of rotatable bonds is 3. The van der Waals surface area contributed by atoms with E-state index < -0.39 is 0 Å². The molecule has 1 aromatic carbocycles. The fourth-order valence-corrected chi connectivity index (χ4v) is 3.23. The highest BCUT2D eigenvalue weighted by molar-refractivity contribution is 7.14. The molecule has 0 bridgehead atoms. The smallest absolute Gasteiger partial charge is 0.231 e. The number of carbonyl (C=O) groups excluding carboxylic acids is 1. The van der Waals surface area contributed by atoms with Crippen LogP contribution in [0.15, 0.2) is 29.6 Å². The molecule has 1 aliphatic heterocycles. The van der Waals surface area contributed by atoms with Gasteiger partial charge in [0.25, 0.3) is 0 Å². The van der Waals surface area contributed by atoms with Gasteiger partial charge in [-0.3, -0.25) is 4.79 Å². The van der Waals surface area contributed by atoms with E-state index in [4.69, 9.17) is 11.7 Å². The van der Waals surface area contributed by atoms with Crippen molar-refractivity contribution in [3.05, 3.63) is 35.2 Å². The minimum atomic E-state index is -0.160. The lowest BCUT2D eigenvalue weighted by Crippen LogP contribution is -2.25. The van der Waals surface area contributed by atoms with Crippen molar-refractivity contribution in [1.82, 2.24) is 9.88 Å². The minimum Gasteiger partial charge on any atom is -0.310 e. The minimum absolute atomic E-state index is 0.0824. The number of nitrogens with one attached hydrogen (secondary N) is 1. The van der Waals surface area contributed by atoms with Gasteiger partial charge in [-0.1, -0.05) is 18.1 Å². The zero-order chi connectivity index (χ0) is 16.2. The molecule has 1 aliphatic rings. The van der Waals surface area contributed by atoms with Gasteiger partial charge in [-0.15, -0.1) is 17.8 Å². The molecule has 3 rings (SSSR count). The lowest BCUT2D eigenvalue weighted by atomic mass is 10.1. The first-order valence-corrected chi connectivity index (χ1v) is 8.05. The number of nitriles is 1. The highest BCUT2D eigenvalue weighted by Crippen LogP contribution is 2.26. The molecule has 0 spiro atoms. The van der Waals surface area contributed by atoms with Crippen molar-refractivity contribution >= 4 is 22.4 Å². The molecule has 23 heavy (non-hydrogen) atoms. The normalized spacial score (nSPS) is 16.6. The summed E-state index contributed by atoms with van der Waals surface area (Å²) in [5.74, 6) is 2.35. The van der Waals surface area contributed by atoms with Crippen LogP contribution in [0, 0.1) is 29.7 Å². The van der Waals surface area contributed by atoms with E-state index in [1.165, 1.54) is 11.3 Å². The van der Waals surface area contributed by atoms with E-state index in [0.29, 0.717) is 24.6 Å². The van der Waals surface area contributed by atoms with Gasteiger partial charge in [0.15, 0.2) is 11.3 Å². The topological polar surface area (TPSA) is 69.0 Å². The molecule has 5 nitrogen and oxygen atoms in total. The second kappa shape index (κ2) is 6.51. The average molecular weight is 322 g/mol. The summed E-state index contributed by atoms with van der Waals surface area (Å²) < 4.78 is 0. The fraction of sp³-hybridized carbons (Fsp3) is 0.235. The van der Waals surface area contributed by atoms with E-state index in [0.717, 1.165) is 16.8 Å². The van der Waals surface area contributed by atoms with Gasteiger partial charge in [-0.2, -0.15) is 5.26 Å². The Labute approximate surface area is 138 Å². The number of likely N-dealkylation sites (tertiary alicyclic amines) is 1. The first-order chi connectivity index (χ1) is 11.2. The van der Waals surface area contributed by atoms with Crippen LogP contribution >= 0.6 is 11.3 Å². The summed E-state index contributed by atoms with van der Waals surface area (Å²) >= 11 is 1.38. The van der Waals surface area contributed by atoms with E-state index in [1.807, 2.05) is 29.6 Å². The Morgan fingerprint density at radius 1 is 1.52 bits per heavy atom. The molecule has 1 aromatic heterocycles. The summed E-state index contributed by atoms with van der Waals surface area (Å²) in [4.78, 5) is 18.3. The Morgan fingerprint density at radius 3 is 3.13 bits per heavy atom. The van der Waals surface area contributed by atoms with E-state index in [2.05, 4.69) is 22.4 Å². The summed E-state index contributed by atoms with van der Waals surface area (Å²) in [6.45, 7) is 1.11. The molecular formula is C17H14N4OS. The van der Waals surface area contributed by atoms with Gasteiger partial charge < -0.3 is 10.2 Å². The molecule has 6 heteroatoms. The summed E-state index contributed by atoms with van der Waals surface area (Å²) in [6.07, 6.45) is 8.18. The largest absolute Gasteiger partial charge is 0.310 e. The van der Waals surface area contributed by atoms with Crippen LogP contribution in [0.2, 0.25) is 0 Å². The highest BCUT2D eigenvalue weighted by atomic mass is 32.1. The summed E-state index contributed by atoms with van der Waals surface area (Å²) in [7, 11) is 0. The number of thiazole rings is 1. The van der Waals surface area contributed by atoms with E-state index in [-0.39, 0.29) is 11.8 Å². The standard InChI is InChI=1S/C17H14N4OS/c1-2-12-4-3-5-13(8-12)15-10-23-17(19-15)20-16(22)14-6-7-21(9-14)11-18/h1,3-5,8,10,14H,6-7,9H2,(H,19,20,22)/t14-/m0/s1. The molecule has 2 aromatic rings. The number of carbonyl (C=O) groups is 1. The van der Waals surface area contributed by atoms with Gasteiger partial charge in [0.05, 0.1) is 11.6 Å². The van der Waals surface area contributed by atoms with Gasteiger partial charge in [0, 0.05) is 29.6 Å². The Hall–Kier alpha value is -2.83. The molecule has 1 saturated heterocycles. The van der Waals surface area contributed by atoms with Crippen molar-refractivity contribution in [2.24, 2.45) is 5.92 Å². The average Bonchev–Trinajstić information content (AvgIpc) is 3.24. The molecule has 0 unspecified atom stereocenters. The molecule has 1 atom stereocenters. The number of nitrogens with zero attached hydrogens (tertiary/aromatic N) is 3. The lowest BCUT2D eigenvalue weighted by Gasteiger charge is -2.08. The van der Waals surface area contributed by atoms with Crippen LogP contribution in [0.4, 0.5) is 5.13 Å². The van der Waals surface area contributed by atoms with Crippen molar-refractivity contribution in [2.45, 2.75) is 6.42 Å². The summed E-state index contributed by atoms with van der Waals surface area (Å²) in [5.41, 5.74) is 2.50. The molecule has 2 heterocycles. The zero-order valence-electron chi connectivity index (χ0n) is 12.3. The molecular weight excluding hydrogens is 308 g/mol. The van der Waals surface area contributed by atoms with Crippen molar-refractivity contribution in [3.8, 4) is 29.8 Å². The van der Waals surface area contributed by atoms with E-state index in [1.54, 1.807) is 4.90 Å².